The van der Waals surface area contributed by atoms with E-state index in [1.54, 1.807) is 0 Å². The van der Waals surface area contributed by atoms with Crippen molar-refractivity contribution in [3.8, 4) is 0 Å². The van der Waals surface area contributed by atoms with Gasteiger partial charge in [0.1, 0.15) is 0 Å². The number of hydrogen-bond acceptors (Lipinski definition) is 0. The Morgan fingerprint density at radius 2 is 0.231 bits per heavy atom. The molecule has 0 aromatic rings. The van der Waals surface area contributed by atoms with Crippen LogP contribution in [0.15, 0.2) is 0 Å². The predicted molar refractivity (Wildman–Crippen MR) is 96.7 cm³/mol. The Kier molecular flexibility index (Phi) is 2180. The molecule has 0 spiro atoms. The standard InChI is InChI=1S/C3H9B.2C2H6.2CH4.4CH3.2B.23Y/c1-4(2)3;2*1-2;;;;;;;;;;;;;;;;;;;;;;;;;;;;;;;/h1-3H3;2*1-2H3;2*1H4;4*1H3;;;;;;;;;;;;;;;;;;;;;;;;;/q-1;;;;;6*-1;;;;;;;;;;;;;;;;;;;;;;;. The monoisotopic (exact) mass is 2280 g/mol. The molecule has 0 saturated carbocycles. The fourth-order valence-corrected chi connectivity index (χ4v) is 0. The molecule has 0 fully saturated rings. The third-order valence-corrected chi connectivity index (χ3v) is 0. The van der Waals surface area contributed by atoms with Gasteiger partial charge < -0.3 is 46.5 Å². The van der Waals surface area contributed by atoms with Crippen molar-refractivity contribution in [2.24, 2.45) is 0 Å². The Bertz CT molecular complexity index is 54.0. The molecule has 0 aliphatic rings. The first-order chi connectivity index (χ1) is 3.73. The Hall–Kier alpha value is 25.6. The minimum Gasteiger partial charge on any atom is -1.00 e. The van der Waals surface area contributed by atoms with E-state index in [-0.39, 0.29) is 814 Å². The minimum atomic E-state index is 0. The normalized spacial score (nSPS) is 1.23. The van der Waals surface area contributed by atoms with Gasteiger partial charge in [0.25, 0.3) is 0 Å². The molecule has 0 unspecified atom stereocenters. The Morgan fingerprint density at radius 1 is 0.231 bits per heavy atom. The average molecular weight is 2270 g/mol. The summed E-state index contributed by atoms with van der Waals surface area (Å²) in [5.74, 6) is 0. The maximum absolute atomic E-state index is 2.17. The summed E-state index contributed by atoms with van der Waals surface area (Å²) in [5, 5.41) is 0. The van der Waals surface area contributed by atoms with Gasteiger partial charge in [-0.2, -0.15) is 0 Å². The summed E-state index contributed by atoms with van der Waals surface area (Å²) >= 11 is 0. The summed E-state index contributed by atoms with van der Waals surface area (Å²) in [6.07, 6.45) is 0. The van der Waals surface area contributed by atoms with Gasteiger partial charge >= 0.3 is 0 Å². The van der Waals surface area contributed by atoms with Crippen LogP contribution in [0.4, 0.5) is 0 Å². The van der Waals surface area contributed by atoms with Gasteiger partial charge in [0, 0.05) is 752 Å². The Balaban J connectivity index is -0.000000000218. The maximum Gasteiger partial charge on any atom is 0 e. The van der Waals surface area contributed by atoms with E-state index in [1.807, 2.05) is 27.7 Å². The summed E-state index contributed by atoms with van der Waals surface area (Å²) in [4.78, 5) is 0. The fraction of sp³-hybridized carbons (Fsp3) is 0.692. The molecule has 32 radical (unpaired) electrons. The van der Waals surface area contributed by atoms with Crippen molar-refractivity contribution < 1.29 is 752 Å². The van der Waals surface area contributed by atoms with Gasteiger partial charge in [-0.15, -0.1) is 6.71 Å². The molecule has 39 heavy (non-hydrogen) atoms. The van der Waals surface area contributed by atoms with E-state index in [0.29, 0.717) is 0 Å². The second kappa shape index (κ2) is 305. The van der Waals surface area contributed by atoms with Crippen LogP contribution in [-0.2, 0) is 752 Å². The second-order valence-electron chi connectivity index (χ2n) is 1.73. The summed E-state index contributed by atoms with van der Waals surface area (Å²) < 4.78 is 0. The van der Waals surface area contributed by atoms with Crippen LogP contribution in [0.25, 0.3) is 0 Å². The van der Waals surface area contributed by atoms with Crippen molar-refractivity contribution in [2.75, 3.05) is 0 Å². The number of hydrogen-bond donors (Lipinski definition) is 0. The van der Waals surface area contributed by atoms with E-state index in [1.165, 1.54) is 0 Å². The van der Waals surface area contributed by atoms with E-state index in [4.69, 9.17) is 0 Å². The predicted octanol–water partition coefficient (Wildman–Crippen LogP) is 5.68. The van der Waals surface area contributed by atoms with Crippen molar-refractivity contribution in [1.82, 2.24) is 0 Å². The number of rotatable bonds is 0. The first kappa shape index (κ1) is 279. The summed E-state index contributed by atoms with van der Waals surface area (Å²) in [7, 11) is 0. The van der Waals surface area contributed by atoms with Gasteiger partial charge in [0.15, 0.2) is 0 Å². The zero-order valence-corrected chi connectivity index (χ0v) is 91.3. The van der Waals surface area contributed by atoms with Crippen LogP contribution < -0.4 is 0 Å². The van der Waals surface area contributed by atoms with Crippen LogP contribution in [0.5, 0.6) is 0 Å². The molecule has 0 N–H and O–H groups in total. The molecule has 0 aliphatic heterocycles. The second-order valence-corrected chi connectivity index (χ2v) is 1.73. The van der Waals surface area contributed by atoms with Gasteiger partial charge in [-0.05, 0) is 0 Å². The third kappa shape index (κ3) is 368. The molecule has 0 saturated heterocycles. The summed E-state index contributed by atoms with van der Waals surface area (Å²) in [6.45, 7) is 15.3. The van der Waals surface area contributed by atoms with E-state index in [2.05, 4.69) is 20.5 Å². The van der Waals surface area contributed by atoms with Crippen LogP contribution in [-0.4, -0.2) is 23.5 Å². The van der Waals surface area contributed by atoms with Gasteiger partial charge in [-0.1, -0.05) is 42.5 Å². The molecule has 0 nitrogen and oxygen atoms in total. The molecular formula is C13H41B3Y23-7. The van der Waals surface area contributed by atoms with Gasteiger partial charge in [0.2, 0.25) is 0 Å². The molecule has 0 rings (SSSR count). The van der Waals surface area contributed by atoms with Crippen LogP contribution in [0.2, 0.25) is 20.5 Å². The van der Waals surface area contributed by atoms with Crippen LogP contribution in [0, 0.1) is 29.7 Å². The Labute approximate surface area is 838 Å². The van der Waals surface area contributed by atoms with E-state index < -0.39 is 0 Å². The third-order valence-electron chi connectivity index (χ3n) is 0. The molecule has 26 heteroatoms. The Morgan fingerprint density at radius 3 is 0.231 bits per heavy atom. The molecule has 0 bridgehead atoms. The van der Waals surface area contributed by atoms with Crippen LogP contribution in [0.1, 0.15) is 42.5 Å². The molecule has 178 valence electrons. The first-order valence-corrected chi connectivity index (χ1v) is 3.73. The van der Waals surface area contributed by atoms with Crippen molar-refractivity contribution in [2.45, 2.75) is 63.0 Å². The van der Waals surface area contributed by atoms with Gasteiger partial charge in [-0.25, -0.2) is 20.5 Å². The van der Waals surface area contributed by atoms with Crippen LogP contribution >= 0.6 is 0 Å². The van der Waals surface area contributed by atoms with Crippen LogP contribution in [0.3, 0.4) is 0 Å². The zero-order valence-electron chi connectivity index (χ0n) is 26.0. The molecule has 0 aromatic heterocycles. The topological polar surface area (TPSA) is 0 Å². The molecule has 0 heterocycles. The molecule has 0 amide bonds. The molecule has 0 aliphatic carbocycles. The van der Waals surface area contributed by atoms with Crippen molar-refractivity contribution in [3.63, 3.8) is 0 Å². The minimum absolute atomic E-state index is 0. The molecule has 0 atom stereocenters. The fourth-order valence-electron chi connectivity index (χ4n) is 0. The van der Waals surface area contributed by atoms with Crippen molar-refractivity contribution in [1.29, 1.82) is 0 Å². The van der Waals surface area contributed by atoms with Crippen molar-refractivity contribution >= 4 is 23.5 Å². The smallest absolute Gasteiger partial charge is 0 e. The largest absolute Gasteiger partial charge is 1.00 e. The van der Waals surface area contributed by atoms with E-state index in [9.17, 15) is 0 Å². The molecule has 0 aromatic carbocycles. The summed E-state index contributed by atoms with van der Waals surface area (Å²) in [6, 6.07) is 0. The SMILES string of the molecule is C.C.CC.CC.C[B-](C)C.[B-].[B-].[CH3-].[CH3-].[CH3-].[CH3-].[Y].[Y].[Y].[Y].[Y].[Y].[Y].[Y].[Y].[Y].[Y].[Y].[Y].[Y].[Y].[Y].[Y].[Y].[Y].[Y].[Y].[Y].[Y]. The first-order valence-electron chi connectivity index (χ1n) is 3.73. The van der Waals surface area contributed by atoms with E-state index in [0.717, 1.165) is 6.71 Å². The van der Waals surface area contributed by atoms with E-state index >= 15 is 0 Å². The van der Waals surface area contributed by atoms with Crippen molar-refractivity contribution in [3.05, 3.63) is 29.7 Å². The zero-order chi connectivity index (χ0) is 7.58. The maximum atomic E-state index is 2.17. The van der Waals surface area contributed by atoms with Gasteiger partial charge in [0.05, 0.1) is 0 Å². The quantitative estimate of drug-likeness (QED) is 0.217. The average Bonchev–Trinajstić information content (AvgIpc) is 1.75. The molecular weight excluding hydrogens is 2230 g/mol. The van der Waals surface area contributed by atoms with Gasteiger partial charge in [-0.3, -0.25) is 0 Å². The summed E-state index contributed by atoms with van der Waals surface area (Å²) in [5.41, 5.74) is 0.